The highest BCUT2D eigenvalue weighted by molar-refractivity contribution is 14.1. The second-order valence-corrected chi connectivity index (χ2v) is 3.23. The standard InChI is InChI=1S/C6H7FIN3/c1-11(9)6-5(8)2-4(7)3-10-6/h2-3H,9H2,1H3. The molecule has 0 amide bonds. The Labute approximate surface area is 77.5 Å². The number of hydrogen-bond donors (Lipinski definition) is 1. The van der Waals surface area contributed by atoms with E-state index in [4.69, 9.17) is 5.84 Å². The number of anilines is 1. The molecule has 0 saturated heterocycles. The van der Waals surface area contributed by atoms with E-state index in [9.17, 15) is 4.39 Å². The van der Waals surface area contributed by atoms with Crippen LogP contribution in [0.4, 0.5) is 10.2 Å². The van der Waals surface area contributed by atoms with Crippen molar-refractivity contribution in [2.45, 2.75) is 0 Å². The minimum atomic E-state index is -0.347. The Kier molecular flexibility index (Phi) is 2.61. The monoisotopic (exact) mass is 267 g/mol. The molecule has 0 fully saturated rings. The van der Waals surface area contributed by atoms with Crippen molar-refractivity contribution in [3.05, 3.63) is 21.7 Å². The van der Waals surface area contributed by atoms with Gasteiger partial charge in [-0.2, -0.15) is 0 Å². The summed E-state index contributed by atoms with van der Waals surface area (Å²) in [4.78, 5) is 3.80. The van der Waals surface area contributed by atoms with E-state index in [0.29, 0.717) is 9.39 Å². The number of hydrogen-bond acceptors (Lipinski definition) is 3. The van der Waals surface area contributed by atoms with E-state index in [1.54, 1.807) is 7.05 Å². The van der Waals surface area contributed by atoms with Crippen molar-refractivity contribution in [1.29, 1.82) is 0 Å². The number of rotatable bonds is 1. The van der Waals surface area contributed by atoms with Gasteiger partial charge in [-0.15, -0.1) is 0 Å². The van der Waals surface area contributed by atoms with Crippen LogP contribution in [0.3, 0.4) is 0 Å². The van der Waals surface area contributed by atoms with Crippen LogP contribution in [-0.4, -0.2) is 12.0 Å². The Morgan fingerprint density at radius 3 is 2.82 bits per heavy atom. The molecule has 1 aromatic rings. The molecule has 0 aliphatic rings. The van der Waals surface area contributed by atoms with Gasteiger partial charge in [0.15, 0.2) is 5.82 Å². The van der Waals surface area contributed by atoms with Crippen molar-refractivity contribution in [1.82, 2.24) is 4.98 Å². The molecule has 1 rings (SSSR count). The minimum absolute atomic E-state index is 0.347. The Morgan fingerprint density at radius 2 is 2.36 bits per heavy atom. The molecule has 0 atom stereocenters. The highest BCUT2D eigenvalue weighted by atomic mass is 127. The fourth-order valence-corrected chi connectivity index (χ4v) is 1.48. The first-order chi connectivity index (χ1) is 5.11. The predicted octanol–water partition coefficient (Wildman–Crippen LogP) is 1.14. The molecule has 0 saturated carbocycles. The molecule has 0 aromatic carbocycles. The molecule has 11 heavy (non-hydrogen) atoms. The van der Waals surface area contributed by atoms with Gasteiger partial charge in [0, 0.05) is 7.05 Å². The Balaban J connectivity index is 3.09. The van der Waals surface area contributed by atoms with Gasteiger partial charge in [0.2, 0.25) is 0 Å². The van der Waals surface area contributed by atoms with Gasteiger partial charge in [-0.3, -0.25) is 5.01 Å². The maximum Gasteiger partial charge on any atom is 0.155 e. The normalized spacial score (nSPS) is 9.82. The molecular weight excluding hydrogens is 260 g/mol. The van der Waals surface area contributed by atoms with E-state index in [1.807, 2.05) is 22.6 Å². The van der Waals surface area contributed by atoms with Gasteiger partial charge in [0.25, 0.3) is 0 Å². The fraction of sp³-hybridized carbons (Fsp3) is 0.167. The Hall–Kier alpha value is -0.430. The smallest absolute Gasteiger partial charge is 0.155 e. The lowest BCUT2D eigenvalue weighted by molar-refractivity contribution is 0.619. The van der Waals surface area contributed by atoms with Gasteiger partial charge in [0.05, 0.1) is 9.77 Å². The molecule has 60 valence electrons. The van der Waals surface area contributed by atoms with Crippen LogP contribution in [0.5, 0.6) is 0 Å². The van der Waals surface area contributed by atoms with Gasteiger partial charge in [-0.25, -0.2) is 15.2 Å². The summed E-state index contributed by atoms with van der Waals surface area (Å²) in [7, 11) is 1.66. The van der Waals surface area contributed by atoms with Crippen molar-refractivity contribution in [3.8, 4) is 0 Å². The van der Waals surface area contributed by atoms with Gasteiger partial charge in [-0.05, 0) is 28.7 Å². The van der Waals surface area contributed by atoms with Crippen LogP contribution in [0.25, 0.3) is 0 Å². The van der Waals surface area contributed by atoms with Crippen molar-refractivity contribution in [3.63, 3.8) is 0 Å². The Morgan fingerprint density at radius 1 is 1.73 bits per heavy atom. The summed E-state index contributed by atoms with van der Waals surface area (Å²) in [6.45, 7) is 0. The van der Waals surface area contributed by atoms with Crippen LogP contribution < -0.4 is 10.9 Å². The summed E-state index contributed by atoms with van der Waals surface area (Å²) in [5, 5.41) is 1.35. The van der Waals surface area contributed by atoms with E-state index >= 15 is 0 Å². The minimum Gasteiger partial charge on any atom is -0.297 e. The van der Waals surface area contributed by atoms with Crippen molar-refractivity contribution < 1.29 is 4.39 Å². The third-order valence-electron chi connectivity index (χ3n) is 1.12. The first-order valence-corrected chi connectivity index (χ1v) is 3.98. The number of pyridine rings is 1. The molecular formula is C6H7FIN3. The van der Waals surface area contributed by atoms with E-state index in [-0.39, 0.29) is 5.82 Å². The molecule has 0 radical (unpaired) electrons. The quantitative estimate of drug-likeness (QED) is 0.471. The fourth-order valence-electron chi connectivity index (χ4n) is 0.667. The van der Waals surface area contributed by atoms with Crippen LogP contribution in [0.1, 0.15) is 0 Å². The molecule has 5 heteroatoms. The van der Waals surface area contributed by atoms with Crippen LogP contribution >= 0.6 is 22.6 Å². The molecule has 0 spiro atoms. The van der Waals surface area contributed by atoms with Gasteiger partial charge < -0.3 is 0 Å². The third kappa shape index (κ3) is 2.00. The highest BCUT2D eigenvalue weighted by Gasteiger charge is 2.03. The van der Waals surface area contributed by atoms with E-state index in [1.165, 1.54) is 11.1 Å². The number of aromatic nitrogens is 1. The number of hydrazine groups is 1. The van der Waals surface area contributed by atoms with Gasteiger partial charge in [0.1, 0.15) is 5.82 Å². The SMILES string of the molecule is CN(N)c1ncc(F)cc1I. The topological polar surface area (TPSA) is 42.1 Å². The largest absolute Gasteiger partial charge is 0.297 e. The summed E-state index contributed by atoms with van der Waals surface area (Å²) in [5.41, 5.74) is 0. The lowest BCUT2D eigenvalue weighted by Gasteiger charge is -2.11. The van der Waals surface area contributed by atoms with Gasteiger partial charge in [-0.1, -0.05) is 0 Å². The third-order valence-corrected chi connectivity index (χ3v) is 1.92. The molecule has 3 nitrogen and oxygen atoms in total. The lowest BCUT2D eigenvalue weighted by atomic mass is 10.4. The molecule has 1 heterocycles. The molecule has 0 bridgehead atoms. The van der Waals surface area contributed by atoms with Crippen molar-refractivity contribution in [2.75, 3.05) is 12.1 Å². The maximum absolute atomic E-state index is 12.5. The van der Waals surface area contributed by atoms with Crippen LogP contribution in [-0.2, 0) is 0 Å². The second-order valence-electron chi connectivity index (χ2n) is 2.07. The van der Waals surface area contributed by atoms with E-state index in [0.717, 1.165) is 6.20 Å². The highest BCUT2D eigenvalue weighted by Crippen LogP contribution is 2.16. The summed E-state index contributed by atoms with van der Waals surface area (Å²) >= 11 is 1.98. The summed E-state index contributed by atoms with van der Waals surface area (Å²) in [6, 6.07) is 1.38. The zero-order valence-corrected chi connectivity index (χ0v) is 8.04. The number of nitrogens with zero attached hydrogens (tertiary/aromatic N) is 2. The summed E-state index contributed by atoms with van der Waals surface area (Å²) in [5.74, 6) is 5.64. The van der Waals surface area contributed by atoms with Crippen molar-refractivity contribution >= 4 is 28.4 Å². The van der Waals surface area contributed by atoms with Crippen LogP contribution in [0.15, 0.2) is 12.3 Å². The lowest BCUT2D eigenvalue weighted by Crippen LogP contribution is -2.27. The van der Waals surface area contributed by atoms with E-state index in [2.05, 4.69) is 4.98 Å². The number of nitrogens with two attached hydrogens (primary N) is 1. The molecule has 0 unspecified atom stereocenters. The first kappa shape index (κ1) is 8.66. The van der Waals surface area contributed by atoms with E-state index < -0.39 is 0 Å². The molecule has 1 aromatic heterocycles. The average molecular weight is 267 g/mol. The zero-order chi connectivity index (χ0) is 8.43. The second kappa shape index (κ2) is 3.31. The molecule has 0 aliphatic carbocycles. The maximum atomic E-state index is 12.5. The Bertz CT molecular complexity index is 264. The number of halogens is 2. The predicted molar refractivity (Wildman–Crippen MR) is 49.5 cm³/mol. The van der Waals surface area contributed by atoms with Crippen molar-refractivity contribution in [2.24, 2.45) is 5.84 Å². The van der Waals surface area contributed by atoms with Crippen LogP contribution in [0.2, 0.25) is 0 Å². The van der Waals surface area contributed by atoms with Crippen LogP contribution in [0, 0.1) is 9.39 Å². The first-order valence-electron chi connectivity index (χ1n) is 2.90. The zero-order valence-electron chi connectivity index (χ0n) is 5.88. The molecule has 2 N–H and O–H groups in total. The molecule has 0 aliphatic heterocycles. The van der Waals surface area contributed by atoms with Gasteiger partial charge >= 0.3 is 0 Å². The average Bonchev–Trinajstić information content (AvgIpc) is 1.85. The summed E-state index contributed by atoms with van der Waals surface area (Å²) < 4.78 is 13.2. The summed E-state index contributed by atoms with van der Waals surface area (Å²) in [6.07, 6.45) is 1.14.